The van der Waals surface area contributed by atoms with Gasteiger partial charge in [-0.25, -0.2) is 14.2 Å². The molecule has 1 aliphatic rings. The number of ether oxygens (including phenoxy) is 1. The highest BCUT2D eigenvalue weighted by atomic mass is 32.1. The Kier molecular flexibility index (Phi) is 4.21. The molecule has 1 aliphatic heterocycles. The Labute approximate surface area is 173 Å². The number of imidazole rings is 1. The predicted octanol–water partition coefficient (Wildman–Crippen LogP) is 4.01. The third-order valence-electron chi connectivity index (χ3n) is 5.31. The van der Waals surface area contributed by atoms with E-state index in [0.717, 1.165) is 15.8 Å². The monoisotopic (exact) mass is 425 g/mol. The van der Waals surface area contributed by atoms with Gasteiger partial charge in [0.25, 0.3) is 0 Å². The molecular weight excluding hydrogens is 409 g/mol. The largest absolute Gasteiger partial charge is 0.496 e. The average Bonchev–Trinajstić information content (AvgIpc) is 3.41. The van der Waals surface area contributed by atoms with Crippen LogP contribution in [0.2, 0.25) is 0 Å². The number of carbonyl (C=O) groups excluding carboxylic acids is 1. The summed E-state index contributed by atoms with van der Waals surface area (Å²) in [4.78, 5) is 28.0. The second-order valence-corrected chi connectivity index (χ2v) is 8.11. The molecule has 0 aliphatic carbocycles. The van der Waals surface area contributed by atoms with Crippen molar-refractivity contribution in [2.24, 2.45) is 0 Å². The lowest BCUT2D eigenvalue weighted by molar-refractivity contribution is -0.119. The van der Waals surface area contributed by atoms with Crippen LogP contribution in [-0.2, 0) is 4.79 Å². The van der Waals surface area contributed by atoms with Crippen LogP contribution in [0.4, 0.5) is 4.39 Å². The van der Waals surface area contributed by atoms with Crippen molar-refractivity contribution in [1.29, 1.82) is 0 Å². The van der Waals surface area contributed by atoms with Gasteiger partial charge in [-0.15, -0.1) is 0 Å². The SMILES string of the molecule is COc1cc2c(cc1C(=O)O)sc1nc(-c3ccc(C4CCC(=O)N4)cc3F)cn12. The van der Waals surface area contributed by atoms with Gasteiger partial charge in [0.1, 0.15) is 17.1 Å². The predicted molar refractivity (Wildman–Crippen MR) is 110 cm³/mol. The van der Waals surface area contributed by atoms with Crippen LogP contribution in [0.5, 0.6) is 5.75 Å². The maximum atomic E-state index is 14.9. The number of nitrogens with zero attached hydrogens (tertiary/aromatic N) is 2. The van der Waals surface area contributed by atoms with Gasteiger partial charge in [-0.2, -0.15) is 0 Å². The number of benzene rings is 2. The molecule has 1 atom stereocenters. The number of halogens is 1. The molecule has 7 nitrogen and oxygen atoms in total. The minimum Gasteiger partial charge on any atom is -0.496 e. The summed E-state index contributed by atoms with van der Waals surface area (Å²) in [7, 11) is 1.42. The first-order valence-corrected chi connectivity index (χ1v) is 10.1. The van der Waals surface area contributed by atoms with Crippen LogP contribution in [0, 0.1) is 5.82 Å². The molecule has 5 rings (SSSR count). The van der Waals surface area contributed by atoms with Crippen molar-refractivity contribution in [2.45, 2.75) is 18.9 Å². The van der Waals surface area contributed by atoms with Crippen molar-refractivity contribution >= 4 is 38.4 Å². The zero-order valence-electron chi connectivity index (χ0n) is 15.8. The van der Waals surface area contributed by atoms with Gasteiger partial charge in [-0.3, -0.25) is 9.20 Å². The lowest BCUT2D eigenvalue weighted by Gasteiger charge is -2.11. The van der Waals surface area contributed by atoms with Gasteiger partial charge in [-0.1, -0.05) is 17.4 Å². The molecule has 0 bridgehead atoms. The van der Waals surface area contributed by atoms with Crippen LogP contribution in [0.1, 0.15) is 34.8 Å². The van der Waals surface area contributed by atoms with Crippen LogP contribution in [0.3, 0.4) is 0 Å². The maximum absolute atomic E-state index is 14.9. The molecule has 1 amide bonds. The molecule has 152 valence electrons. The van der Waals surface area contributed by atoms with Gasteiger partial charge < -0.3 is 15.2 Å². The maximum Gasteiger partial charge on any atom is 0.339 e. The lowest BCUT2D eigenvalue weighted by atomic mass is 10.0. The topological polar surface area (TPSA) is 92.9 Å². The Morgan fingerprint density at radius 2 is 2.20 bits per heavy atom. The molecule has 2 aromatic heterocycles. The van der Waals surface area contributed by atoms with E-state index in [2.05, 4.69) is 10.3 Å². The average molecular weight is 425 g/mol. The van der Waals surface area contributed by atoms with Gasteiger partial charge in [0.2, 0.25) is 5.91 Å². The van der Waals surface area contributed by atoms with Crippen LogP contribution < -0.4 is 10.1 Å². The normalized spacial score (nSPS) is 16.3. The summed E-state index contributed by atoms with van der Waals surface area (Å²) in [5.74, 6) is -1.25. The van der Waals surface area contributed by atoms with Crippen LogP contribution in [0.25, 0.3) is 26.4 Å². The Hall–Kier alpha value is -3.46. The number of carboxylic acid groups (broad SMARTS) is 1. The fourth-order valence-electron chi connectivity index (χ4n) is 3.81. The smallest absolute Gasteiger partial charge is 0.339 e. The third kappa shape index (κ3) is 2.89. The highest BCUT2D eigenvalue weighted by Crippen LogP contribution is 2.35. The van der Waals surface area contributed by atoms with Crippen molar-refractivity contribution in [3.05, 3.63) is 53.5 Å². The molecule has 2 N–H and O–H groups in total. The molecule has 4 aromatic rings. The first-order chi connectivity index (χ1) is 14.4. The molecular formula is C21H16FN3O4S. The Bertz CT molecular complexity index is 1340. The number of carboxylic acids is 1. The van der Waals surface area contributed by atoms with Crippen molar-refractivity contribution in [1.82, 2.24) is 14.7 Å². The zero-order chi connectivity index (χ0) is 21.0. The number of aromatic nitrogens is 2. The number of rotatable bonds is 4. The van der Waals surface area contributed by atoms with Crippen molar-refractivity contribution in [3.63, 3.8) is 0 Å². The van der Waals surface area contributed by atoms with Gasteiger partial charge in [0, 0.05) is 24.2 Å². The number of thiazole rings is 1. The summed E-state index contributed by atoms with van der Waals surface area (Å²) < 4.78 is 22.6. The zero-order valence-corrected chi connectivity index (χ0v) is 16.6. The van der Waals surface area contributed by atoms with E-state index in [-0.39, 0.29) is 23.3 Å². The van der Waals surface area contributed by atoms with E-state index in [4.69, 9.17) is 4.74 Å². The molecule has 2 aromatic carbocycles. The fraction of sp³-hybridized carbons (Fsp3) is 0.190. The summed E-state index contributed by atoms with van der Waals surface area (Å²) >= 11 is 1.32. The minimum absolute atomic E-state index is 0.0211. The number of methoxy groups -OCH3 is 1. The van der Waals surface area contributed by atoms with Crippen molar-refractivity contribution < 1.29 is 23.8 Å². The lowest BCUT2D eigenvalue weighted by Crippen LogP contribution is -2.18. The van der Waals surface area contributed by atoms with E-state index >= 15 is 0 Å². The van der Waals surface area contributed by atoms with Gasteiger partial charge in [0.15, 0.2) is 4.96 Å². The summed E-state index contributed by atoms with van der Waals surface area (Å²) in [5, 5.41) is 12.2. The van der Waals surface area contributed by atoms with E-state index in [1.807, 2.05) is 6.07 Å². The number of nitrogens with one attached hydrogen (secondary N) is 1. The Balaban J connectivity index is 1.57. The Morgan fingerprint density at radius 3 is 2.87 bits per heavy atom. The third-order valence-corrected chi connectivity index (χ3v) is 6.33. The Morgan fingerprint density at radius 1 is 1.37 bits per heavy atom. The van der Waals surface area contributed by atoms with Crippen molar-refractivity contribution in [2.75, 3.05) is 7.11 Å². The first kappa shape index (κ1) is 18.6. The summed E-state index contributed by atoms with van der Waals surface area (Å²) in [6, 6.07) is 7.97. The van der Waals surface area contributed by atoms with E-state index in [1.165, 1.54) is 24.5 Å². The summed E-state index contributed by atoms with van der Waals surface area (Å²) in [6.45, 7) is 0. The number of amides is 1. The van der Waals surface area contributed by atoms with E-state index in [0.29, 0.717) is 29.1 Å². The number of fused-ring (bicyclic) bond motifs is 3. The standard InChI is InChI=1S/C21H16FN3O4S/c1-29-17-8-16-18(7-12(17)20(27)28)30-21-24-15(9-25(16)21)11-3-2-10(6-13(11)22)14-4-5-19(26)23-14/h2-3,6-9,14H,4-5H2,1H3,(H,23,26)(H,27,28). The van der Waals surface area contributed by atoms with E-state index < -0.39 is 11.8 Å². The van der Waals surface area contributed by atoms with E-state index in [1.54, 1.807) is 28.8 Å². The summed E-state index contributed by atoms with van der Waals surface area (Å²) in [5.41, 5.74) is 2.39. The second kappa shape index (κ2) is 6.81. The second-order valence-electron chi connectivity index (χ2n) is 7.10. The number of carbonyl (C=O) groups is 2. The molecule has 0 saturated carbocycles. The van der Waals surface area contributed by atoms with Crippen LogP contribution in [0.15, 0.2) is 36.5 Å². The number of aromatic carboxylic acids is 1. The van der Waals surface area contributed by atoms with Gasteiger partial charge >= 0.3 is 5.97 Å². The molecule has 1 saturated heterocycles. The molecule has 30 heavy (non-hydrogen) atoms. The fourth-order valence-corrected chi connectivity index (χ4v) is 4.84. The van der Waals surface area contributed by atoms with Crippen LogP contribution in [-0.4, -0.2) is 33.5 Å². The summed E-state index contributed by atoms with van der Waals surface area (Å²) in [6.07, 6.45) is 2.83. The molecule has 9 heteroatoms. The quantitative estimate of drug-likeness (QED) is 0.515. The molecule has 1 unspecified atom stereocenters. The molecule has 3 heterocycles. The van der Waals surface area contributed by atoms with Crippen LogP contribution >= 0.6 is 11.3 Å². The van der Waals surface area contributed by atoms with E-state index in [9.17, 15) is 19.1 Å². The number of hydrogen-bond acceptors (Lipinski definition) is 5. The highest BCUT2D eigenvalue weighted by molar-refractivity contribution is 7.23. The minimum atomic E-state index is -1.07. The molecule has 0 spiro atoms. The molecule has 1 fully saturated rings. The van der Waals surface area contributed by atoms with Gasteiger partial charge in [0.05, 0.1) is 29.1 Å². The number of hydrogen-bond donors (Lipinski definition) is 2. The first-order valence-electron chi connectivity index (χ1n) is 9.26. The molecule has 0 radical (unpaired) electrons. The highest BCUT2D eigenvalue weighted by Gasteiger charge is 2.24. The van der Waals surface area contributed by atoms with Crippen molar-refractivity contribution in [3.8, 4) is 17.0 Å². The van der Waals surface area contributed by atoms with Gasteiger partial charge in [-0.05, 0) is 30.2 Å².